The third-order valence-corrected chi connectivity index (χ3v) is 2.17. The van der Waals surface area contributed by atoms with Gasteiger partial charge in [0.25, 0.3) is 0 Å². The zero-order chi connectivity index (χ0) is 12.4. The van der Waals surface area contributed by atoms with Crippen LogP contribution in [0, 0.1) is 0 Å². The molecule has 0 heterocycles. The van der Waals surface area contributed by atoms with Crippen molar-refractivity contribution in [2.24, 2.45) is 0 Å². The summed E-state index contributed by atoms with van der Waals surface area (Å²) in [5.41, 5.74) is 0. The maximum Gasteiger partial charge on any atom is 0.305 e. The summed E-state index contributed by atoms with van der Waals surface area (Å²) in [6.45, 7) is 5.82. The van der Waals surface area contributed by atoms with Gasteiger partial charge in [0.15, 0.2) is 0 Å². The Labute approximate surface area is 96.4 Å². The van der Waals surface area contributed by atoms with Crippen molar-refractivity contribution in [3.63, 3.8) is 0 Å². The molecule has 0 aromatic carbocycles. The topological polar surface area (TPSA) is 66.8 Å². The second-order valence-corrected chi connectivity index (χ2v) is 3.43. The van der Waals surface area contributed by atoms with Crippen molar-refractivity contribution in [2.75, 3.05) is 26.3 Å². The number of hydrogen-bond donors (Lipinski definition) is 1. The molecule has 0 radical (unpaired) electrons. The predicted octanol–water partition coefficient (Wildman–Crippen LogP) is 1.13. The molecule has 94 valence electrons. The highest BCUT2D eigenvalue weighted by molar-refractivity contribution is 5.76. The van der Waals surface area contributed by atoms with Gasteiger partial charge in [0, 0.05) is 32.7 Å². The molecular weight excluding hydrogens is 210 g/mol. The van der Waals surface area contributed by atoms with Crippen molar-refractivity contribution in [3.05, 3.63) is 0 Å². The number of ether oxygens (including phenoxy) is 1. The molecule has 0 aliphatic heterocycles. The largest absolute Gasteiger partial charge is 0.481 e. The van der Waals surface area contributed by atoms with Crippen LogP contribution in [0.4, 0.5) is 0 Å². The van der Waals surface area contributed by atoms with Crippen LogP contribution in [0.15, 0.2) is 0 Å². The number of rotatable bonds is 9. The van der Waals surface area contributed by atoms with Crippen molar-refractivity contribution in [3.8, 4) is 0 Å². The van der Waals surface area contributed by atoms with Crippen LogP contribution in [0.2, 0.25) is 0 Å². The number of carboxylic acids is 1. The monoisotopic (exact) mass is 231 g/mol. The zero-order valence-electron chi connectivity index (χ0n) is 10.1. The second-order valence-electron chi connectivity index (χ2n) is 3.43. The number of aliphatic carboxylic acids is 1. The van der Waals surface area contributed by atoms with E-state index in [-0.39, 0.29) is 18.9 Å². The number of carbonyl (C=O) groups excluding carboxylic acids is 1. The van der Waals surface area contributed by atoms with E-state index >= 15 is 0 Å². The van der Waals surface area contributed by atoms with Gasteiger partial charge in [-0.3, -0.25) is 9.59 Å². The zero-order valence-corrected chi connectivity index (χ0v) is 10.1. The minimum atomic E-state index is -0.876. The summed E-state index contributed by atoms with van der Waals surface area (Å²) in [5.74, 6) is -0.878. The van der Waals surface area contributed by atoms with Crippen LogP contribution in [0.25, 0.3) is 0 Å². The molecule has 5 heteroatoms. The van der Waals surface area contributed by atoms with Crippen LogP contribution in [0.1, 0.15) is 33.1 Å². The Kier molecular flexibility index (Phi) is 8.52. The summed E-state index contributed by atoms with van der Waals surface area (Å²) >= 11 is 0. The molecule has 0 unspecified atom stereocenters. The molecule has 1 amide bonds. The fourth-order valence-corrected chi connectivity index (χ4v) is 1.32. The van der Waals surface area contributed by atoms with E-state index in [1.807, 2.05) is 6.92 Å². The van der Waals surface area contributed by atoms with Crippen LogP contribution in [0.5, 0.6) is 0 Å². The summed E-state index contributed by atoms with van der Waals surface area (Å²) in [6.07, 6.45) is 1.16. The highest BCUT2D eigenvalue weighted by Crippen LogP contribution is 1.99. The quantitative estimate of drug-likeness (QED) is 0.604. The van der Waals surface area contributed by atoms with E-state index in [2.05, 4.69) is 0 Å². The molecule has 5 nitrogen and oxygen atoms in total. The van der Waals surface area contributed by atoms with Gasteiger partial charge in [0.05, 0.1) is 6.42 Å². The van der Waals surface area contributed by atoms with Gasteiger partial charge in [-0.2, -0.15) is 0 Å². The Hall–Kier alpha value is -1.10. The standard InChI is InChI=1S/C11H21NO4/c1-3-10(13)12(8-6-11(14)15)7-5-9-16-4-2/h3-9H2,1-2H3,(H,14,15). The molecule has 0 rings (SSSR count). The van der Waals surface area contributed by atoms with Gasteiger partial charge in [0.1, 0.15) is 0 Å². The Morgan fingerprint density at radius 1 is 1.25 bits per heavy atom. The van der Waals surface area contributed by atoms with Crippen LogP contribution < -0.4 is 0 Å². The third kappa shape index (κ3) is 7.23. The van der Waals surface area contributed by atoms with E-state index in [1.165, 1.54) is 0 Å². The van der Waals surface area contributed by atoms with E-state index in [4.69, 9.17) is 9.84 Å². The first-order chi connectivity index (χ1) is 7.61. The van der Waals surface area contributed by atoms with Gasteiger partial charge in [-0.1, -0.05) is 6.92 Å². The van der Waals surface area contributed by atoms with Gasteiger partial charge in [0.2, 0.25) is 5.91 Å². The predicted molar refractivity (Wildman–Crippen MR) is 60.2 cm³/mol. The van der Waals surface area contributed by atoms with Gasteiger partial charge < -0.3 is 14.7 Å². The normalized spacial score (nSPS) is 10.1. The average molecular weight is 231 g/mol. The van der Waals surface area contributed by atoms with E-state index in [9.17, 15) is 9.59 Å². The number of carbonyl (C=O) groups is 2. The van der Waals surface area contributed by atoms with Crippen LogP contribution in [0.3, 0.4) is 0 Å². The summed E-state index contributed by atoms with van der Waals surface area (Å²) in [7, 11) is 0. The highest BCUT2D eigenvalue weighted by atomic mass is 16.5. The SMILES string of the molecule is CCOCCCN(CCC(=O)O)C(=O)CC. The van der Waals surface area contributed by atoms with Gasteiger partial charge in [-0.15, -0.1) is 0 Å². The Morgan fingerprint density at radius 3 is 2.44 bits per heavy atom. The number of hydrogen-bond acceptors (Lipinski definition) is 3. The number of carboxylic acid groups (broad SMARTS) is 1. The molecule has 0 aromatic rings. The maximum absolute atomic E-state index is 11.5. The maximum atomic E-state index is 11.5. The molecule has 0 fully saturated rings. The molecule has 0 aromatic heterocycles. The molecule has 0 spiro atoms. The molecule has 0 saturated heterocycles. The molecule has 0 atom stereocenters. The van der Waals surface area contributed by atoms with Gasteiger partial charge in [-0.05, 0) is 13.3 Å². The highest BCUT2D eigenvalue weighted by Gasteiger charge is 2.12. The van der Waals surface area contributed by atoms with E-state index in [1.54, 1.807) is 11.8 Å². The lowest BCUT2D eigenvalue weighted by atomic mass is 10.3. The molecule has 16 heavy (non-hydrogen) atoms. The Balaban J connectivity index is 3.90. The Morgan fingerprint density at radius 2 is 1.94 bits per heavy atom. The Bertz CT molecular complexity index is 218. The lowest BCUT2D eigenvalue weighted by Crippen LogP contribution is -2.33. The minimum Gasteiger partial charge on any atom is -0.481 e. The van der Waals surface area contributed by atoms with Crippen molar-refractivity contribution in [1.29, 1.82) is 0 Å². The first-order valence-corrected chi connectivity index (χ1v) is 5.69. The summed E-state index contributed by atoms with van der Waals surface area (Å²) in [6, 6.07) is 0. The molecule has 0 aliphatic carbocycles. The van der Waals surface area contributed by atoms with E-state index in [0.29, 0.717) is 26.2 Å². The summed E-state index contributed by atoms with van der Waals surface area (Å²) < 4.78 is 5.17. The lowest BCUT2D eigenvalue weighted by Gasteiger charge is -2.21. The van der Waals surface area contributed by atoms with Crippen molar-refractivity contribution < 1.29 is 19.4 Å². The first kappa shape index (κ1) is 14.9. The van der Waals surface area contributed by atoms with Gasteiger partial charge >= 0.3 is 5.97 Å². The third-order valence-electron chi connectivity index (χ3n) is 2.17. The van der Waals surface area contributed by atoms with Crippen LogP contribution in [-0.2, 0) is 14.3 Å². The minimum absolute atomic E-state index is 0.000372. The molecule has 0 bridgehead atoms. The number of nitrogens with zero attached hydrogens (tertiary/aromatic N) is 1. The van der Waals surface area contributed by atoms with Crippen molar-refractivity contribution in [2.45, 2.75) is 33.1 Å². The van der Waals surface area contributed by atoms with E-state index in [0.717, 1.165) is 6.42 Å². The van der Waals surface area contributed by atoms with Crippen LogP contribution >= 0.6 is 0 Å². The lowest BCUT2D eigenvalue weighted by molar-refractivity contribution is -0.138. The van der Waals surface area contributed by atoms with Crippen molar-refractivity contribution >= 4 is 11.9 Å². The fraction of sp³-hybridized carbons (Fsp3) is 0.818. The average Bonchev–Trinajstić information content (AvgIpc) is 2.27. The molecule has 0 saturated carbocycles. The summed E-state index contributed by atoms with van der Waals surface area (Å²) in [4.78, 5) is 23.5. The van der Waals surface area contributed by atoms with Gasteiger partial charge in [-0.25, -0.2) is 0 Å². The smallest absolute Gasteiger partial charge is 0.305 e. The molecule has 0 aliphatic rings. The van der Waals surface area contributed by atoms with Crippen molar-refractivity contribution in [1.82, 2.24) is 4.90 Å². The molecule has 1 N–H and O–H groups in total. The first-order valence-electron chi connectivity index (χ1n) is 5.69. The second kappa shape index (κ2) is 9.15. The number of amides is 1. The van der Waals surface area contributed by atoms with E-state index < -0.39 is 5.97 Å². The van der Waals surface area contributed by atoms with Crippen LogP contribution in [-0.4, -0.2) is 48.2 Å². The summed E-state index contributed by atoms with van der Waals surface area (Å²) in [5, 5.41) is 8.56. The molecular formula is C11H21NO4. The fourth-order valence-electron chi connectivity index (χ4n) is 1.32.